The maximum absolute atomic E-state index is 11.9. The van der Waals surface area contributed by atoms with Gasteiger partial charge >= 0.3 is 0 Å². The molecule has 0 aliphatic heterocycles. The fourth-order valence-electron chi connectivity index (χ4n) is 2.22. The zero-order valence-corrected chi connectivity index (χ0v) is 14.9. The van der Waals surface area contributed by atoms with E-state index in [4.69, 9.17) is 0 Å². The number of benzene rings is 1. The van der Waals surface area contributed by atoms with Crippen LogP contribution in [0.5, 0.6) is 0 Å². The van der Waals surface area contributed by atoms with Gasteiger partial charge in [0, 0.05) is 23.9 Å². The smallest absolute Gasteiger partial charge is 0.220 e. The second-order valence-electron chi connectivity index (χ2n) is 5.67. The van der Waals surface area contributed by atoms with Gasteiger partial charge in [-0.05, 0) is 47.4 Å². The lowest BCUT2D eigenvalue weighted by molar-refractivity contribution is -0.122. The highest BCUT2D eigenvalue weighted by atomic mass is 79.9. The quantitative estimate of drug-likeness (QED) is 0.770. The van der Waals surface area contributed by atoms with Gasteiger partial charge in [0.2, 0.25) is 5.91 Å². The first-order valence-corrected chi connectivity index (χ1v) is 8.93. The summed E-state index contributed by atoms with van der Waals surface area (Å²) >= 11 is 5.09. The largest absolute Gasteiger partial charge is 0.388 e. The fourth-order valence-corrected chi connectivity index (χ4v) is 3.37. The van der Waals surface area contributed by atoms with Crippen molar-refractivity contribution >= 4 is 33.2 Å². The van der Waals surface area contributed by atoms with Crippen molar-refractivity contribution in [3.8, 4) is 0 Å². The standard InChI is InChI=1S/C17H20BrNO2S/c1-17(21,10-13-8-9-22-11-13)12-19-16(20)7-6-14-4-2-3-5-15(14)18/h2-5,8-9,11,21H,6-7,10,12H2,1H3,(H,19,20). The lowest BCUT2D eigenvalue weighted by atomic mass is 9.98. The summed E-state index contributed by atoms with van der Waals surface area (Å²) in [5.74, 6) is -0.0404. The number of carbonyl (C=O) groups excluding carboxylic acids is 1. The summed E-state index contributed by atoms with van der Waals surface area (Å²) in [6.07, 6.45) is 1.64. The van der Waals surface area contributed by atoms with E-state index >= 15 is 0 Å². The Bertz CT molecular complexity index is 611. The van der Waals surface area contributed by atoms with Crippen LogP contribution in [0.15, 0.2) is 45.6 Å². The number of rotatable bonds is 7. The topological polar surface area (TPSA) is 49.3 Å². The van der Waals surface area contributed by atoms with Crippen molar-refractivity contribution < 1.29 is 9.90 Å². The zero-order valence-electron chi connectivity index (χ0n) is 12.5. The number of amides is 1. The Kier molecular flexibility index (Phi) is 6.17. The van der Waals surface area contributed by atoms with E-state index in [-0.39, 0.29) is 12.5 Å². The molecule has 0 spiro atoms. The summed E-state index contributed by atoms with van der Waals surface area (Å²) in [4.78, 5) is 11.9. The van der Waals surface area contributed by atoms with Gasteiger partial charge in [-0.25, -0.2) is 0 Å². The summed E-state index contributed by atoms with van der Waals surface area (Å²) in [6.45, 7) is 2.01. The molecule has 22 heavy (non-hydrogen) atoms. The lowest BCUT2D eigenvalue weighted by Gasteiger charge is -2.23. The van der Waals surface area contributed by atoms with Crippen molar-refractivity contribution in [1.82, 2.24) is 5.32 Å². The summed E-state index contributed by atoms with van der Waals surface area (Å²) in [7, 11) is 0. The Morgan fingerprint density at radius 1 is 1.36 bits per heavy atom. The van der Waals surface area contributed by atoms with Crippen molar-refractivity contribution in [3.05, 3.63) is 56.7 Å². The van der Waals surface area contributed by atoms with E-state index in [1.165, 1.54) is 0 Å². The van der Waals surface area contributed by atoms with Gasteiger partial charge in [0.1, 0.15) is 0 Å². The van der Waals surface area contributed by atoms with Crippen molar-refractivity contribution in [3.63, 3.8) is 0 Å². The van der Waals surface area contributed by atoms with Crippen LogP contribution in [-0.4, -0.2) is 23.2 Å². The van der Waals surface area contributed by atoms with E-state index in [9.17, 15) is 9.90 Å². The molecular formula is C17H20BrNO2S. The molecule has 0 radical (unpaired) electrons. The van der Waals surface area contributed by atoms with Crippen molar-refractivity contribution in [2.24, 2.45) is 0 Å². The molecule has 1 atom stereocenters. The van der Waals surface area contributed by atoms with Crippen molar-refractivity contribution in [1.29, 1.82) is 0 Å². The molecule has 1 amide bonds. The molecule has 2 rings (SSSR count). The number of halogens is 1. The van der Waals surface area contributed by atoms with E-state index in [1.807, 2.05) is 41.1 Å². The number of aliphatic hydroxyl groups is 1. The van der Waals surface area contributed by atoms with E-state index in [0.717, 1.165) is 15.6 Å². The average Bonchev–Trinajstić information content (AvgIpc) is 2.96. The highest BCUT2D eigenvalue weighted by molar-refractivity contribution is 9.10. The third-order valence-corrected chi connectivity index (χ3v) is 4.92. The van der Waals surface area contributed by atoms with E-state index in [1.54, 1.807) is 18.3 Å². The number of aryl methyl sites for hydroxylation is 1. The third-order valence-electron chi connectivity index (χ3n) is 3.41. The SMILES string of the molecule is CC(O)(CNC(=O)CCc1ccccc1Br)Cc1ccsc1. The minimum atomic E-state index is -0.927. The fraction of sp³-hybridized carbons (Fsp3) is 0.353. The van der Waals surface area contributed by atoms with Crippen LogP contribution in [0.4, 0.5) is 0 Å². The minimum absolute atomic E-state index is 0.0404. The molecular weight excluding hydrogens is 362 g/mol. The first-order chi connectivity index (χ1) is 10.5. The molecule has 3 nitrogen and oxygen atoms in total. The van der Waals surface area contributed by atoms with E-state index in [0.29, 0.717) is 19.3 Å². The van der Waals surface area contributed by atoms with Crippen LogP contribution in [0.3, 0.4) is 0 Å². The van der Waals surface area contributed by atoms with Crippen molar-refractivity contribution in [2.75, 3.05) is 6.54 Å². The molecule has 0 saturated carbocycles. The molecule has 5 heteroatoms. The van der Waals surface area contributed by atoms with E-state index < -0.39 is 5.60 Å². The molecule has 1 aromatic carbocycles. The number of hydrogen-bond acceptors (Lipinski definition) is 3. The highest BCUT2D eigenvalue weighted by Gasteiger charge is 2.22. The van der Waals surface area contributed by atoms with Gasteiger partial charge in [0.05, 0.1) is 5.60 Å². The van der Waals surface area contributed by atoms with Crippen LogP contribution in [0.25, 0.3) is 0 Å². The van der Waals surface area contributed by atoms with Gasteiger partial charge in [-0.1, -0.05) is 34.1 Å². The molecule has 2 aromatic rings. The van der Waals surface area contributed by atoms with Crippen LogP contribution >= 0.6 is 27.3 Å². The Balaban J connectivity index is 1.76. The van der Waals surface area contributed by atoms with Crippen LogP contribution in [0, 0.1) is 0 Å². The van der Waals surface area contributed by atoms with Crippen LogP contribution in [0.1, 0.15) is 24.5 Å². The summed E-state index contributed by atoms with van der Waals surface area (Å²) in [5, 5.41) is 17.2. The lowest BCUT2D eigenvalue weighted by Crippen LogP contribution is -2.42. The predicted molar refractivity (Wildman–Crippen MR) is 94.1 cm³/mol. The van der Waals surface area contributed by atoms with Gasteiger partial charge in [0.15, 0.2) is 0 Å². The zero-order chi connectivity index (χ0) is 16.0. The molecule has 0 aliphatic rings. The first kappa shape index (κ1) is 17.2. The third kappa shape index (κ3) is 5.55. The maximum Gasteiger partial charge on any atom is 0.220 e. The number of nitrogens with one attached hydrogen (secondary N) is 1. The molecule has 0 saturated heterocycles. The molecule has 0 fully saturated rings. The second-order valence-corrected chi connectivity index (χ2v) is 7.31. The first-order valence-electron chi connectivity index (χ1n) is 7.20. The number of thiophene rings is 1. The number of carbonyl (C=O) groups is 1. The average molecular weight is 382 g/mol. The van der Waals surface area contributed by atoms with Gasteiger partial charge < -0.3 is 10.4 Å². The summed E-state index contributed by atoms with van der Waals surface area (Å²) < 4.78 is 1.02. The summed E-state index contributed by atoms with van der Waals surface area (Å²) in [6, 6.07) is 9.88. The van der Waals surface area contributed by atoms with Crippen LogP contribution < -0.4 is 5.32 Å². The Hall–Kier alpha value is -1.17. The second kappa shape index (κ2) is 7.90. The maximum atomic E-state index is 11.9. The summed E-state index contributed by atoms with van der Waals surface area (Å²) in [5.41, 5.74) is 1.28. The highest BCUT2D eigenvalue weighted by Crippen LogP contribution is 2.18. The Labute approximate surface area is 143 Å². The molecule has 118 valence electrons. The Morgan fingerprint density at radius 3 is 2.82 bits per heavy atom. The van der Waals surface area contributed by atoms with Crippen LogP contribution in [0.2, 0.25) is 0 Å². The molecule has 1 aromatic heterocycles. The molecule has 1 unspecified atom stereocenters. The normalized spacial score (nSPS) is 13.6. The molecule has 0 aliphatic carbocycles. The monoisotopic (exact) mass is 381 g/mol. The minimum Gasteiger partial charge on any atom is -0.388 e. The van der Waals surface area contributed by atoms with Gasteiger partial charge in [-0.2, -0.15) is 11.3 Å². The van der Waals surface area contributed by atoms with Crippen molar-refractivity contribution in [2.45, 2.75) is 31.8 Å². The molecule has 2 N–H and O–H groups in total. The van der Waals surface area contributed by atoms with E-state index in [2.05, 4.69) is 21.2 Å². The van der Waals surface area contributed by atoms with Gasteiger partial charge in [0.25, 0.3) is 0 Å². The van der Waals surface area contributed by atoms with Crippen LogP contribution in [-0.2, 0) is 17.6 Å². The molecule has 1 heterocycles. The van der Waals surface area contributed by atoms with Gasteiger partial charge in [-0.3, -0.25) is 4.79 Å². The molecule has 0 bridgehead atoms. The number of hydrogen-bond donors (Lipinski definition) is 2. The Morgan fingerprint density at radius 2 is 2.14 bits per heavy atom. The predicted octanol–water partition coefficient (Wildman–Crippen LogP) is 3.55. The van der Waals surface area contributed by atoms with Gasteiger partial charge in [-0.15, -0.1) is 0 Å².